The zero-order valence-corrected chi connectivity index (χ0v) is 12.1. The molecule has 0 aliphatic carbocycles. The summed E-state index contributed by atoms with van der Waals surface area (Å²) in [7, 11) is 0. The molecular formula is C14H12F3N3O4. The number of nitrogens with one attached hydrogen (secondary N) is 2. The average Bonchev–Trinajstić information content (AvgIpc) is 2.53. The second-order valence-electron chi connectivity index (χ2n) is 4.76. The van der Waals surface area contributed by atoms with Crippen LogP contribution in [0.1, 0.15) is 18.4 Å². The number of nitrogens with zero attached hydrogens (tertiary/aromatic N) is 1. The number of rotatable bonds is 4. The van der Waals surface area contributed by atoms with Crippen molar-refractivity contribution in [3.63, 3.8) is 0 Å². The zero-order valence-electron chi connectivity index (χ0n) is 12.1. The van der Waals surface area contributed by atoms with E-state index in [2.05, 4.69) is 15.3 Å². The second kappa shape index (κ2) is 7.11. The van der Waals surface area contributed by atoms with Crippen LogP contribution in [0.25, 0.3) is 0 Å². The molecule has 1 aliphatic rings. The van der Waals surface area contributed by atoms with Gasteiger partial charge in [0, 0.05) is 12.8 Å². The molecule has 0 saturated carbocycles. The monoisotopic (exact) mass is 343 g/mol. The van der Waals surface area contributed by atoms with E-state index in [-0.39, 0.29) is 24.5 Å². The number of hydrogen-bond donors (Lipinski definition) is 2. The minimum absolute atomic E-state index is 0.0547. The molecule has 7 nitrogen and oxygen atoms in total. The number of esters is 1. The van der Waals surface area contributed by atoms with Crippen LogP contribution >= 0.6 is 0 Å². The molecule has 10 heteroatoms. The normalized spacial score (nSPS) is 14.5. The summed E-state index contributed by atoms with van der Waals surface area (Å²) in [4.78, 5) is 34.2. The molecule has 128 valence electrons. The highest BCUT2D eigenvalue weighted by Gasteiger charge is 2.33. The lowest BCUT2D eigenvalue weighted by molar-refractivity contribution is -0.141. The molecule has 1 heterocycles. The van der Waals surface area contributed by atoms with Gasteiger partial charge in [-0.3, -0.25) is 9.59 Å². The smallest absolute Gasteiger partial charge is 0.418 e. The predicted octanol–water partition coefficient (Wildman–Crippen LogP) is 1.45. The molecule has 24 heavy (non-hydrogen) atoms. The molecule has 0 aromatic heterocycles. The van der Waals surface area contributed by atoms with E-state index in [0.29, 0.717) is 0 Å². The van der Waals surface area contributed by atoms with E-state index >= 15 is 0 Å². The molecule has 0 unspecified atom stereocenters. The van der Waals surface area contributed by atoms with Crippen LogP contribution in [0.5, 0.6) is 0 Å². The van der Waals surface area contributed by atoms with Crippen molar-refractivity contribution in [3.8, 4) is 0 Å². The molecular weight excluding hydrogens is 331 g/mol. The fraction of sp³-hybridized carbons (Fsp3) is 0.286. The van der Waals surface area contributed by atoms with E-state index in [4.69, 9.17) is 0 Å². The van der Waals surface area contributed by atoms with Crippen molar-refractivity contribution in [3.05, 3.63) is 29.8 Å². The van der Waals surface area contributed by atoms with Crippen molar-refractivity contribution in [2.45, 2.75) is 19.0 Å². The number of hydrazone groups is 1. The van der Waals surface area contributed by atoms with E-state index in [1.165, 1.54) is 12.1 Å². The first-order chi connectivity index (χ1) is 11.3. The van der Waals surface area contributed by atoms with Crippen molar-refractivity contribution in [2.75, 3.05) is 11.9 Å². The summed E-state index contributed by atoms with van der Waals surface area (Å²) < 4.78 is 43.1. The molecule has 2 amide bonds. The largest absolute Gasteiger partial charge is 0.451 e. The van der Waals surface area contributed by atoms with Gasteiger partial charge in [0.2, 0.25) is 5.91 Å². The van der Waals surface area contributed by atoms with Gasteiger partial charge in [0.1, 0.15) is 5.71 Å². The van der Waals surface area contributed by atoms with E-state index in [1.54, 1.807) is 0 Å². The lowest BCUT2D eigenvalue weighted by Gasteiger charge is -2.14. The summed E-state index contributed by atoms with van der Waals surface area (Å²) in [6.45, 7) is -0.780. The Morgan fingerprint density at radius 2 is 1.96 bits per heavy atom. The summed E-state index contributed by atoms with van der Waals surface area (Å²) in [5.41, 5.74) is 0.569. The third kappa shape index (κ3) is 4.54. The molecule has 0 atom stereocenters. The van der Waals surface area contributed by atoms with Gasteiger partial charge in [0.15, 0.2) is 6.61 Å². The van der Waals surface area contributed by atoms with Crippen LogP contribution < -0.4 is 10.7 Å². The number of carbonyl (C=O) groups excluding carboxylic acids is 3. The molecule has 0 saturated heterocycles. The predicted molar refractivity (Wildman–Crippen MR) is 75.8 cm³/mol. The topological polar surface area (TPSA) is 96.9 Å². The van der Waals surface area contributed by atoms with E-state index in [0.717, 1.165) is 12.1 Å². The second-order valence-corrected chi connectivity index (χ2v) is 4.76. The Hall–Kier alpha value is -2.91. The summed E-state index contributed by atoms with van der Waals surface area (Å²) in [5, 5.41) is 5.52. The first kappa shape index (κ1) is 17.4. The maximum atomic E-state index is 12.8. The van der Waals surface area contributed by atoms with Crippen molar-refractivity contribution in [2.24, 2.45) is 5.10 Å². The lowest BCUT2D eigenvalue weighted by Crippen LogP contribution is -2.32. The number of para-hydroxylation sites is 1. The molecule has 0 bridgehead atoms. The number of anilines is 1. The van der Waals surface area contributed by atoms with Gasteiger partial charge in [0.25, 0.3) is 5.91 Å². The molecule has 0 radical (unpaired) electrons. The van der Waals surface area contributed by atoms with Gasteiger partial charge in [-0.05, 0) is 12.1 Å². The fourth-order valence-electron chi connectivity index (χ4n) is 1.86. The van der Waals surface area contributed by atoms with Gasteiger partial charge in [-0.15, -0.1) is 0 Å². The number of ether oxygens (including phenoxy) is 1. The number of hydrogen-bond acceptors (Lipinski definition) is 5. The SMILES string of the molecule is O=C1CCC(C(=O)OCC(=O)Nc2ccccc2C(F)(F)F)=NN1. The van der Waals surface area contributed by atoms with Gasteiger partial charge in [-0.2, -0.15) is 18.3 Å². The minimum atomic E-state index is -4.63. The van der Waals surface area contributed by atoms with E-state index in [1.807, 2.05) is 5.32 Å². The van der Waals surface area contributed by atoms with Gasteiger partial charge < -0.3 is 10.1 Å². The Labute approximate surface area is 133 Å². The van der Waals surface area contributed by atoms with Crippen LogP contribution in [-0.4, -0.2) is 30.1 Å². The molecule has 0 fully saturated rings. The maximum Gasteiger partial charge on any atom is 0.418 e. The number of benzene rings is 1. The molecule has 1 aromatic rings. The Bertz CT molecular complexity index is 701. The third-order valence-corrected chi connectivity index (χ3v) is 2.98. The summed E-state index contributed by atoms with van der Waals surface area (Å²) in [6.07, 6.45) is -4.52. The summed E-state index contributed by atoms with van der Waals surface area (Å²) >= 11 is 0. The number of halogens is 3. The van der Waals surface area contributed by atoms with Crippen molar-refractivity contribution < 1.29 is 32.3 Å². The third-order valence-electron chi connectivity index (χ3n) is 2.98. The van der Waals surface area contributed by atoms with Crippen LogP contribution in [0.3, 0.4) is 0 Å². The van der Waals surface area contributed by atoms with Crippen LogP contribution in [0.15, 0.2) is 29.4 Å². The zero-order chi connectivity index (χ0) is 17.7. The lowest BCUT2D eigenvalue weighted by atomic mass is 10.1. The van der Waals surface area contributed by atoms with Crippen LogP contribution in [0, 0.1) is 0 Å². The first-order valence-corrected chi connectivity index (χ1v) is 6.76. The summed E-state index contributed by atoms with van der Waals surface area (Å²) in [5.74, 6) is -2.21. The standard InChI is InChI=1S/C14H12F3N3O4/c15-14(16,17)8-3-1-2-4-9(8)18-12(22)7-24-13(23)10-5-6-11(21)20-19-10/h1-4H,5-7H2,(H,18,22)(H,20,21). The first-order valence-electron chi connectivity index (χ1n) is 6.76. The van der Waals surface area contributed by atoms with Gasteiger partial charge in [-0.25, -0.2) is 10.2 Å². The number of amides is 2. The van der Waals surface area contributed by atoms with Crippen molar-refractivity contribution >= 4 is 29.2 Å². The highest BCUT2D eigenvalue weighted by Crippen LogP contribution is 2.34. The molecule has 1 aliphatic heterocycles. The molecule has 2 N–H and O–H groups in total. The molecule has 2 rings (SSSR count). The van der Waals surface area contributed by atoms with E-state index < -0.39 is 35.9 Å². The van der Waals surface area contributed by atoms with Crippen molar-refractivity contribution in [1.29, 1.82) is 0 Å². The van der Waals surface area contributed by atoms with Gasteiger partial charge in [-0.1, -0.05) is 12.1 Å². The Morgan fingerprint density at radius 1 is 1.25 bits per heavy atom. The average molecular weight is 343 g/mol. The maximum absolute atomic E-state index is 12.8. The van der Waals surface area contributed by atoms with Gasteiger partial charge in [0.05, 0.1) is 11.3 Å². The number of alkyl halides is 3. The highest BCUT2D eigenvalue weighted by molar-refractivity contribution is 6.37. The Kier molecular flexibility index (Phi) is 5.17. The molecule has 1 aromatic carbocycles. The van der Waals surface area contributed by atoms with Crippen LogP contribution in [0.4, 0.5) is 18.9 Å². The van der Waals surface area contributed by atoms with E-state index in [9.17, 15) is 27.6 Å². The Morgan fingerprint density at radius 3 is 2.58 bits per heavy atom. The summed E-state index contributed by atoms with van der Waals surface area (Å²) in [6, 6.07) is 4.43. The Balaban J connectivity index is 1.93. The van der Waals surface area contributed by atoms with Crippen molar-refractivity contribution in [1.82, 2.24) is 5.43 Å². The van der Waals surface area contributed by atoms with Gasteiger partial charge >= 0.3 is 12.1 Å². The quantitative estimate of drug-likeness (QED) is 0.809. The van der Waals surface area contributed by atoms with Crippen LogP contribution in [-0.2, 0) is 25.3 Å². The highest BCUT2D eigenvalue weighted by atomic mass is 19.4. The number of carbonyl (C=O) groups is 3. The minimum Gasteiger partial charge on any atom is -0.451 e. The van der Waals surface area contributed by atoms with Crippen LogP contribution in [0.2, 0.25) is 0 Å². The fourth-order valence-corrected chi connectivity index (χ4v) is 1.86. The molecule has 0 spiro atoms.